The largest absolute Gasteiger partial charge is 0.351 e. The van der Waals surface area contributed by atoms with Crippen LogP contribution in [0.25, 0.3) is 0 Å². The van der Waals surface area contributed by atoms with Crippen LogP contribution >= 0.6 is 11.6 Å². The summed E-state index contributed by atoms with van der Waals surface area (Å²) in [6, 6.07) is 21.9. The van der Waals surface area contributed by atoms with Gasteiger partial charge in [0.25, 0.3) is 0 Å². The van der Waals surface area contributed by atoms with Crippen molar-refractivity contribution in [3.8, 4) is 0 Å². The summed E-state index contributed by atoms with van der Waals surface area (Å²) in [5.41, 5.74) is 2.92. The van der Waals surface area contributed by atoms with Crippen LogP contribution in [0.1, 0.15) is 16.7 Å². The normalized spacial score (nSPS) is 12.3. The quantitative estimate of drug-likeness (QED) is 0.556. The van der Waals surface area contributed by atoms with Crippen molar-refractivity contribution in [2.75, 3.05) is 0 Å². The third-order valence-corrected chi connectivity index (χ3v) is 6.35. The summed E-state index contributed by atoms with van der Waals surface area (Å²) in [7, 11) is -3.90. The summed E-state index contributed by atoms with van der Waals surface area (Å²) < 4.78 is 28.2. The molecule has 0 saturated heterocycles. The topological polar surface area (TPSA) is 75.3 Å². The highest BCUT2D eigenvalue weighted by molar-refractivity contribution is 7.89. The van der Waals surface area contributed by atoms with Crippen molar-refractivity contribution in [3.63, 3.8) is 0 Å². The molecule has 3 rings (SSSR count). The molecule has 0 bridgehead atoms. The molecular formula is C23H23ClN2O3S. The summed E-state index contributed by atoms with van der Waals surface area (Å²) in [6.07, 6.45) is 0.230. The van der Waals surface area contributed by atoms with Gasteiger partial charge in [-0.2, -0.15) is 4.72 Å². The number of carbonyl (C=O) groups is 1. The van der Waals surface area contributed by atoms with Gasteiger partial charge in [0.2, 0.25) is 15.9 Å². The number of halogens is 1. The van der Waals surface area contributed by atoms with Crippen molar-refractivity contribution in [1.29, 1.82) is 0 Å². The molecule has 0 aliphatic carbocycles. The molecule has 156 valence electrons. The Kier molecular flexibility index (Phi) is 7.26. The number of aryl methyl sites for hydroxylation is 1. The van der Waals surface area contributed by atoms with Crippen molar-refractivity contribution >= 4 is 27.5 Å². The van der Waals surface area contributed by atoms with E-state index in [1.54, 1.807) is 0 Å². The van der Waals surface area contributed by atoms with E-state index < -0.39 is 22.0 Å². The minimum atomic E-state index is -3.90. The number of nitrogens with one attached hydrogen (secondary N) is 2. The molecule has 0 aliphatic heterocycles. The predicted molar refractivity (Wildman–Crippen MR) is 119 cm³/mol. The van der Waals surface area contributed by atoms with E-state index in [-0.39, 0.29) is 11.3 Å². The maximum atomic E-state index is 12.9. The molecule has 0 spiro atoms. The highest BCUT2D eigenvalue weighted by atomic mass is 35.5. The SMILES string of the molecule is Cc1ccc(CNC(=O)C(Cc2ccccc2)NS(=O)(=O)c2ccc(Cl)cc2)cc1. The molecule has 1 amide bonds. The molecule has 3 aromatic carbocycles. The third kappa shape index (κ3) is 6.16. The van der Waals surface area contributed by atoms with Gasteiger partial charge in [0, 0.05) is 11.6 Å². The molecular weight excluding hydrogens is 420 g/mol. The molecule has 0 aromatic heterocycles. The number of hydrogen-bond donors (Lipinski definition) is 2. The number of hydrogen-bond acceptors (Lipinski definition) is 3. The van der Waals surface area contributed by atoms with Crippen LogP contribution in [-0.2, 0) is 27.8 Å². The Bertz CT molecular complexity index is 1080. The fourth-order valence-corrected chi connectivity index (χ4v) is 4.25. The number of amides is 1. The first-order chi connectivity index (χ1) is 14.3. The van der Waals surface area contributed by atoms with Crippen molar-refractivity contribution in [2.45, 2.75) is 30.8 Å². The molecule has 2 N–H and O–H groups in total. The zero-order valence-corrected chi connectivity index (χ0v) is 18.1. The molecule has 1 unspecified atom stereocenters. The zero-order chi connectivity index (χ0) is 21.6. The third-order valence-electron chi connectivity index (χ3n) is 4.61. The van der Waals surface area contributed by atoms with Crippen molar-refractivity contribution in [3.05, 3.63) is 101 Å². The van der Waals surface area contributed by atoms with Crippen LogP contribution in [0.15, 0.2) is 83.8 Å². The van der Waals surface area contributed by atoms with Crippen molar-refractivity contribution < 1.29 is 13.2 Å². The van der Waals surface area contributed by atoms with Crippen LogP contribution in [0.4, 0.5) is 0 Å². The molecule has 0 aliphatic rings. The van der Waals surface area contributed by atoms with E-state index >= 15 is 0 Å². The number of sulfonamides is 1. The van der Waals surface area contributed by atoms with Gasteiger partial charge in [-0.1, -0.05) is 71.8 Å². The standard InChI is InChI=1S/C23H23ClN2O3S/c1-17-7-9-19(10-8-17)16-25-23(27)22(15-18-5-3-2-4-6-18)26-30(28,29)21-13-11-20(24)12-14-21/h2-14,22,26H,15-16H2,1H3,(H,25,27). The smallest absolute Gasteiger partial charge is 0.241 e. The first-order valence-electron chi connectivity index (χ1n) is 9.48. The first-order valence-corrected chi connectivity index (χ1v) is 11.3. The van der Waals surface area contributed by atoms with E-state index in [4.69, 9.17) is 11.6 Å². The van der Waals surface area contributed by atoms with Crippen LogP contribution in [0, 0.1) is 6.92 Å². The second kappa shape index (κ2) is 9.89. The first kappa shape index (κ1) is 22.0. The second-order valence-corrected chi connectivity index (χ2v) is 9.17. The van der Waals surface area contributed by atoms with E-state index in [1.807, 2.05) is 61.5 Å². The van der Waals surface area contributed by atoms with Crippen LogP contribution in [-0.4, -0.2) is 20.4 Å². The van der Waals surface area contributed by atoms with Gasteiger partial charge in [-0.05, 0) is 48.7 Å². The maximum Gasteiger partial charge on any atom is 0.241 e. The monoisotopic (exact) mass is 442 g/mol. The Morgan fingerprint density at radius 3 is 2.17 bits per heavy atom. The molecule has 0 saturated carbocycles. The van der Waals surface area contributed by atoms with E-state index in [2.05, 4.69) is 10.0 Å². The summed E-state index contributed by atoms with van der Waals surface area (Å²) in [5, 5.41) is 3.27. The van der Waals surface area contributed by atoms with Gasteiger partial charge in [0.15, 0.2) is 0 Å². The fourth-order valence-electron chi connectivity index (χ4n) is 2.93. The minimum Gasteiger partial charge on any atom is -0.351 e. The Balaban J connectivity index is 1.77. The van der Waals surface area contributed by atoms with Gasteiger partial charge in [-0.15, -0.1) is 0 Å². The van der Waals surface area contributed by atoms with E-state index in [9.17, 15) is 13.2 Å². The minimum absolute atomic E-state index is 0.0521. The lowest BCUT2D eigenvalue weighted by Crippen LogP contribution is -2.47. The molecule has 3 aromatic rings. The Morgan fingerprint density at radius 1 is 0.900 bits per heavy atom. The fraction of sp³-hybridized carbons (Fsp3) is 0.174. The van der Waals surface area contributed by atoms with Gasteiger partial charge in [0.1, 0.15) is 6.04 Å². The maximum absolute atomic E-state index is 12.9. The van der Waals surface area contributed by atoms with Gasteiger partial charge in [0.05, 0.1) is 4.90 Å². The Labute approximate surface area is 182 Å². The lowest BCUT2D eigenvalue weighted by molar-refractivity contribution is -0.122. The summed E-state index contributed by atoms with van der Waals surface area (Å²) in [6.45, 7) is 2.30. The average Bonchev–Trinajstić information content (AvgIpc) is 2.73. The Hall–Kier alpha value is -2.67. The second-order valence-electron chi connectivity index (χ2n) is 7.02. The highest BCUT2D eigenvalue weighted by Gasteiger charge is 2.26. The van der Waals surface area contributed by atoms with Crippen LogP contribution in [0.5, 0.6) is 0 Å². The molecule has 5 nitrogen and oxygen atoms in total. The molecule has 0 radical (unpaired) electrons. The Morgan fingerprint density at radius 2 is 1.53 bits per heavy atom. The molecule has 30 heavy (non-hydrogen) atoms. The van der Waals surface area contributed by atoms with E-state index in [0.717, 1.165) is 16.7 Å². The number of carbonyl (C=O) groups excluding carboxylic acids is 1. The lowest BCUT2D eigenvalue weighted by atomic mass is 10.1. The zero-order valence-electron chi connectivity index (χ0n) is 16.5. The van der Waals surface area contributed by atoms with Crippen LogP contribution in [0.2, 0.25) is 5.02 Å². The molecule has 1 atom stereocenters. The van der Waals surface area contributed by atoms with Crippen LogP contribution in [0.3, 0.4) is 0 Å². The average molecular weight is 443 g/mol. The van der Waals surface area contributed by atoms with E-state index in [1.165, 1.54) is 24.3 Å². The molecule has 7 heteroatoms. The van der Waals surface area contributed by atoms with Gasteiger partial charge >= 0.3 is 0 Å². The molecule has 0 heterocycles. The number of benzene rings is 3. The lowest BCUT2D eigenvalue weighted by Gasteiger charge is -2.19. The van der Waals surface area contributed by atoms with Gasteiger partial charge in [-0.25, -0.2) is 8.42 Å². The highest BCUT2D eigenvalue weighted by Crippen LogP contribution is 2.15. The van der Waals surface area contributed by atoms with Crippen molar-refractivity contribution in [1.82, 2.24) is 10.0 Å². The van der Waals surface area contributed by atoms with Crippen LogP contribution < -0.4 is 10.0 Å². The molecule has 0 fully saturated rings. The summed E-state index contributed by atoms with van der Waals surface area (Å²) in [5.74, 6) is -0.392. The number of rotatable bonds is 8. The van der Waals surface area contributed by atoms with E-state index in [0.29, 0.717) is 11.6 Å². The van der Waals surface area contributed by atoms with Gasteiger partial charge < -0.3 is 5.32 Å². The van der Waals surface area contributed by atoms with Gasteiger partial charge in [-0.3, -0.25) is 4.79 Å². The van der Waals surface area contributed by atoms with Crippen molar-refractivity contribution in [2.24, 2.45) is 0 Å². The predicted octanol–water partition coefficient (Wildman–Crippen LogP) is 3.85. The summed E-state index contributed by atoms with van der Waals surface area (Å²) in [4.78, 5) is 12.9. The summed E-state index contributed by atoms with van der Waals surface area (Å²) >= 11 is 5.86.